The van der Waals surface area contributed by atoms with Crippen LogP contribution in [0.3, 0.4) is 0 Å². The molecular weight excluding hydrogens is 390 g/mol. The molecule has 3 heterocycles. The van der Waals surface area contributed by atoms with Gasteiger partial charge in [0.15, 0.2) is 0 Å². The molecule has 29 heavy (non-hydrogen) atoms. The van der Waals surface area contributed by atoms with E-state index in [-0.39, 0.29) is 11.5 Å². The largest absolute Gasteiger partial charge is 0.497 e. The molecule has 8 heteroatoms. The number of thiophene rings is 1. The van der Waals surface area contributed by atoms with Gasteiger partial charge in [-0.25, -0.2) is 4.98 Å². The van der Waals surface area contributed by atoms with Gasteiger partial charge < -0.3 is 14.8 Å². The standard InChI is InChI=1S/C21H23N3O4S/c1-12-17-20(23-16-5-4-10-24(16)21(17)26)29-18(12)19(25)22-9-8-13-6-7-14(27-2)11-15(13)28-3/h6-7,11H,4-5,8-10H2,1-3H3,(H,22,25). The van der Waals surface area contributed by atoms with Crippen LogP contribution in [0.1, 0.15) is 33.0 Å². The average Bonchev–Trinajstić information content (AvgIpc) is 3.33. The van der Waals surface area contributed by atoms with E-state index in [1.54, 1.807) is 18.8 Å². The van der Waals surface area contributed by atoms with Crippen LogP contribution in [0.5, 0.6) is 11.5 Å². The Morgan fingerprint density at radius 3 is 2.90 bits per heavy atom. The Hall–Kier alpha value is -2.87. The Morgan fingerprint density at radius 2 is 2.14 bits per heavy atom. The minimum Gasteiger partial charge on any atom is -0.497 e. The Labute approximate surface area is 172 Å². The number of aryl methyl sites for hydroxylation is 2. The fraction of sp³-hybridized carbons (Fsp3) is 0.381. The van der Waals surface area contributed by atoms with E-state index >= 15 is 0 Å². The average molecular weight is 413 g/mol. The Morgan fingerprint density at radius 1 is 1.31 bits per heavy atom. The van der Waals surface area contributed by atoms with Gasteiger partial charge in [-0.2, -0.15) is 0 Å². The van der Waals surface area contributed by atoms with E-state index in [0.717, 1.165) is 35.7 Å². The predicted octanol–water partition coefficient (Wildman–Crippen LogP) is 2.70. The molecule has 152 valence electrons. The smallest absolute Gasteiger partial charge is 0.262 e. The topological polar surface area (TPSA) is 82.5 Å². The highest BCUT2D eigenvalue weighted by Crippen LogP contribution is 2.29. The second kappa shape index (κ2) is 7.87. The van der Waals surface area contributed by atoms with Crippen LogP contribution in [-0.4, -0.2) is 36.2 Å². The van der Waals surface area contributed by atoms with Crippen LogP contribution < -0.4 is 20.3 Å². The van der Waals surface area contributed by atoms with Gasteiger partial charge in [0.2, 0.25) is 0 Å². The quantitative estimate of drug-likeness (QED) is 0.672. The first kappa shape index (κ1) is 19.4. The van der Waals surface area contributed by atoms with Gasteiger partial charge in [-0.15, -0.1) is 11.3 Å². The number of methoxy groups -OCH3 is 2. The number of hydrogen-bond acceptors (Lipinski definition) is 6. The van der Waals surface area contributed by atoms with Crippen LogP contribution in [0.25, 0.3) is 10.2 Å². The summed E-state index contributed by atoms with van der Waals surface area (Å²) >= 11 is 1.29. The normalized spacial score (nSPS) is 12.8. The maximum atomic E-state index is 12.8. The third-order valence-corrected chi connectivity index (χ3v) is 6.48. The third kappa shape index (κ3) is 3.48. The molecule has 1 aliphatic heterocycles. The van der Waals surface area contributed by atoms with Gasteiger partial charge in [0.25, 0.3) is 11.5 Å². The van der Waals surface area contributed by atoms with Crippen LogP contribution in [0.2, 0.25) is 0 Å². The van der Waals surface area contributed by atoms with Gasteiger partial charge in [-0.3, -0.25) is 14.2 Å². The number of carbonyl (C=O) groups is 1. The molecule has 1 N–H and O–H groups in total. The Kier molecular flexibility index (Phi) is 5.27. The first-order valence-corrected chi connectivity index (χ1v) is 10.4. The summed E-state index contributed by atoms with van der Waals surface area (Å²) in [4.78, 5) is 31.4. The molecule has 7 nitrogen and oxygen atoms in total. The second-order valence-corrected chi connectivity index (χ2v) is 8.01. The molecule has 0 aliphatic carbocycles. The summed E-state index contributed by atoms with van der Waals surface area (Å²) in [5.74, 6) is 2.09. The molecule has 0 radical (unpaired) electrons. The van der Waals surface area contributed by atoms with E-state index in [4.69, 9.17) is 9.47 Å². The first-order chi connectivity index (χ1) is 14.0. The Bertz CT molecular complexity index is 1150. The van der Waals surface area contributed by atoms with Crippen molar-refractivity contribution in [2.45, 2.75) is 32.7 Å². The van der Waals surface area contributed by atoms with Crippen LogP contribution in [-0.2, 0) is 19.4 Å². The fourth-order valence-corrected chi connectivity index (χ4v) is 4.85. The minimum atomic E-state index is -0.178. The van der Waals surface area contributed by atoms with Gasteiger partial charge >= 0.3 is 0 Å². The van der Waals surface area contributed by atoms with Gasteiger partial charge in [-0.05, 0) is 37.0 Å². The highest BCUT2D eigenvalue weighted by molar-refractivity contribution is 7.20. The lowest BCUT2D eigenvalue weighted by Gasteiger charge is -2.11. The van der Waals surface area contributed by atoms with E-state index < -0.39 is 0 Å². The summed E-state index contributed by atoms with van der Waals surface area (Å²) in [6, 6.07) is 5.63. The lowest BCUT2D eigenvalue weighted by atomic mass is 10.1. The highest BCUT2D eigenvalue weighted by atomic mass is 32.1. The van der Waals surface area contributed by atoms with Crippen molar-refractivity contribution in [3.05, 3.63) is 50.4 Å². The molecule has 1 aliphatic rings. The zero-order valence-corrected chi connectivity index (χ0v) is 17.5. The number of carbonyl (C=O) groups excluding carboxylic acids is 1. The Balaban J connectivity index is 1.51. The number of hydrogen-bond donors (Lipinski definition) is 1. The first-order valence-electron chi connectivity index (χ1n) is 9.55. The highest BCUT2D eigenvalue weighted by Gasteiger charge is 2.23. The summed E-state index contributed by atoms with van der Waals surface area (Å²) < 4.78 is 12.4. The van der Waals surface area contributed by atoms with Crippen LogP contribution in [0.15, 0.2) is 23.0 Å². The molecule has 2 aromatic heterocycles. The number of ether oxygens (including phenoxy) is 2. The maximum Gasteiger partial charge on any atom is 0.262 e. The zero-order chi connectivity index (χ0) is 20.5. The third-order valence-electron chi connectivity index (χ3n) is 5.29. The molecule has 0 unspecified atom stereocenters. The molecule has 0 atom stereocenters. The van der Waals surface area contributed by atoms with Gasteiger partial charge in [0.05, 0.1) is 24.5 Å². The monoisotopic (exact) mass is 413 g/mol. The molecule has 0 bridgehead atoms. The molecule has 3 aromatic rings. The van der Waals surface area contributed by atoms with Crippen molar-refractivity contribution in [1.29, 1.82) is 0 Å². The van der Waals surface area contributed by atoms with E-state index in [1.807, 2.05) is 25.1 Å². The number of amides is 1. The van der Waals surface area contributed by atoms with E-state index in [0.29, 0.717) is 40.2 Å². The maximum absolute atomic E-state index is 12.8. The van der Waals surface area contributed by atoms with Crippen LogP contribution >= 0.6 is 11.3 Å². The minimum absolute atomic E-state index is 0.0294. The SMILES string of the molecule is COc1ccc(CCNC(=O)c2sc3nc4n(c(=O)c3c2C)CCC4)c(OC)c1. The summed E-state index contributed by atoms with van der Waals surface area (Å²) in [6.45, 7) is 2.99. The summed E-state index contributed by atoms with van der Waals surface area (Å²) in [5.41, 5.74) is 1.67. The van der Waals surface area contributed by atoms with Gasteiger partial charge in [0, 0.05) is 25.6 Å². The molecule has 0 spiro atoms. The molecule has 0 saturated heterocycles. The number of aromatic nitrogens is 2. The summed E-state index contributed by atoms with van der Waals surface area (Å²) in [6.07, 6.45) is 2.38. The summed E-state index contributed by atoms with van der Waals surface area (Å²) in [5, 5.41) is 3.53. The lowest BCUT2D eigenvalue weighted by molar-refractivity contribution is 0.0957. The lowest BCUT2D eigenvalue weighted by Crippen LogP contribution is -2.26. The van der Waals surface area contributed by atoms with Crippen LogP contribution in [0.4, 0.5) is 0 Å². The molecule has 4 rings (SSSR count). The fourth-order valence-electron chi connectivity index (χ4n) is 3.74. The number of nitrogens with one attached hydrogen (secondary N) is 1. The van der Waals surface area contributed by atoms with E-state index in [2.05, 4.69) is 10.3 Å². The molecular formula is C21H23N3O4S. The van der Waals surface area contributed by atoms with Gasteiger partial charge in [0.1, 0.15) is 22.2 Å². The van der Waals surface area contributed by atoms with E-state index in [1.165, 1.54) is 11.3 Å². The van der Waals surface area contributed by atoms with Gasteiger partial charge in [-0.1, -0.05) is 6.07 Å². The molecule has 0 saturated carbocycles. The van der Waals surface area contributed by atoms with Crippen molar-refractivity contribution >= 4 is 27.5 Å². The summed E-state index contributed by atoms with van der Waals surface area (Å²) in [7, 11) is 3.22. The van der Waals surface area contributed by atoms with E-state index in [9.17, 15) is 9.59 Å². The van der Waals surface area contributed by atoms with Crippen molar-refractivity contribution in [1.82, 2.24) is 14.9 Å². The van der Waals surface area contributed by atoms with Crippen molar-refractivity contribution < 1.29 is 14.3 Å². The van der Waals surface area contributed by atoms with Crippen molar-refractivity contribution in [3.63, 3.8) is 0 Å². The number of benzene rings is 1. The van der Waals surface area contributed by atoms with Crippen molar-refractivity contribution in [3.8, 4) is 11.5 Å². The zero-order valence-electron chi connectivity index (χ0n) is 16.7. The number of fused-ring (bicyclic) bond motifs is 2. The predicted molar refractivity (Wildman–Crippen MR) is 113 cm³/mol. The number of nitrogens with zero attached hydrogens (tertiary/aromatic N) is 2. The van der Waals surface area contributed by atoms with Crippen LogP contribution in [0, 0.1) is 6.92 Å². The van der Waals surface area contributed by atoms with Crippen molar-refractivity contribution in [2.24, 2.45) is 0 Å². The molecule has 1 aromatic carbocycles. The number of rotatable bonds is 6. The molecule has 0 fully saturated rings. The second-order valence-electron chi connectivity index (χ2n) is 7.01. The van der Waals surface area contributed by atoms with Crippen molar-refractivity contribution in [2.75, 3.05) is 20.8 Å². The molecule has 1 amide bonds.